The summed E-state index contributed by atoms with van der Waals surface area (Å²) < 4.78 is 49.4. The molecular formula is C6H2F4N2. The van der Waals surface area contributed by atoms with Gasteiger partial charge >= 0.3 is 5.71 Å². The van der Waals surface area contributed by atoms with Crippen molar-refractivity contribution in [3.8, 4) is 0 Å². The van der Waals surface area contributed by atoms with Crippen LogP contribution in [0.15, 0.2) is 23.6 Å². The fourth-order valence-electron chi connectivity index (χ4n) is 0.718. The van der Waals surface area contributed by atoms with E-state index in [1.807, 2.05) is 0 Å². The van der Waals surface area contributed by atoms with E-state index < -0.39 is 29.4 Å². The Bertz CT molecular complexity index is 324. The lowest BCUT2D eigenvalue weighted by atomic mass is 10.1. The molecule has 0 aromatic rings. The van der Waals surface area contributed by atoms with E-state index in [1.165, 1.54) is 0 Å². The van der Waals surface area contributed by atoms with Gasteiger partial charge in [-0.05, 0) is 0 Å². The van der Waals surface area contributed by atoms with Gasteiger partial charge in [0.15, 0.2) is 5.83 Å². The molecule has 0 N–H and O–H groups in total. The zero-order valence-electron chi connectivity index (χ0n) is 5.56. The number of allylic oxidation sites excluding steroid dienone is 4. The Hall–Kier alpha value is -1.42. The maximum absolute atomic E-state index is 12.5. The monoisotopic (exact) mass is 178 g/mol. The summed E-state index contributed by atoms with van der Waals surface area (Å²) in [5, 5.41) is 0. The normalized spacial score (nSPS) is 23.8. The van der Waals surface area contributed by atoms with E-state index in [0.29, 0.717) is 0 Å². The quantitative estimate of drug-likeness (QED) is 0.309. The molecule has 0 aromatic carbocycles. The molecule has 12 heavy (non-hydrogen) atoms. The van der Waals surface area contributed by atoms with E-state index >= 15 is 0 Å². The van der Waals surface area contributed by atoms with Crippen LogP contribution in [0, 0.1) is 0 Å². The molecule has 6 heteroatoms. The van der Waals surface area contributed by atoms with Gasteiger partial charge in [0.1, 0.15) is 0 Å². The summed E-state index contributed by atoms with van der Waals surface area (Å²) in [4.78, 5) is 2.15. The molecule has 0 fully saturated rings. The van der Waals surface area contributed by atoms with E-state index in [-0.39, 0.29) is 6.08 Å². The Kier molecular flexibility index (Phi) is 2.10. The second-order valence-electron chi connectivity index (χ2n) is 2.03. The van der Waals surface area contributed by atoms with Crippen molar-refractivity contribution in [1.29, 1.82) is 0 Å². The Balaban J connectivity index is 3.26. The van der Waals surface area contributed by atoms with E-state index in [4.69, 9.17) is 5.53 Å². The summed E-state index contributed by atoms with van der Waals surface area (Å²) in [6, 6.07) is 0. The van der Waals surface area contributed by atoms with Gasteiger partial charge in [-0.25, -0.2) is 13.2 Å². The number of rotatable bonds is 0. The Morgan fingerprint density at radius 1 is 1.25 bits per heavy atom. The molecule has 1 atom stereocenters. The maximum Gasteiger partial charge on any atom is 0.368 e. The Morgan fingerprint density at radius 2 is 1.83 bits per heavy atom. The van der Waals surface area contributed by atoms with Gasteiger partial charge in [-0.2, -0.15) is 9.18 Å². The number of halogens is 4. The van der Waals surface area contributed by atoms with Crippen LogP contribution < -0.4 is 0 Å². The number of hydrogen-bond acceptors (Lipinski definition) is 0. The first kappa shape index (κ1) is 8.67. The van der Waals surface area contributed by atoms with E-state index in [0.717, 1.165) is 0 Å². The summed E-state index contributed by atoms with van der Waals surface area (Å²) in [5.74, 6) is -5.30. The molecule has 0 aliphatic heterocycles. The third-order valence-corrected chi connectivity index (χ3v) is 1.29. The minimum Gasteiger partial charge on any atom is -0.361 e. The molecule has 0 spiro atoms. The van der Waals surface area contributed by atoms with Gasteiger partial charge in [-0.15, -0.1) is 0 Å². The Morgan fingerprint density at radius 3 is 2.33 bits per heavy atom. The minimum atomic E-state index is -2.26. The molecule has 0 saturated carbocycles. The zero-order valence-corrected chi connectivity index (χ0v) is 5.56. The molecule has 1 aliphatic carbocycles. The van der Waals surface area contributed by atoms with Crippen LogP contribution in [0.5, 0.6) is 0 Å². The topological polar surface area (TPSA) is 36.4 Å². The summed E-state index contributed by atoms with van der Waals surface area (Å²) in [6.07, 6.45) is -2.08. The molecule has 1 unspecified atom stereocenters. The van der Waals surface area contributed by atoms with E-state index in [9.17, 15) is 17.6 Å². The molecule has 2 nitrogen and oxygen atoms in total. The third kappa shape index (κ3) is 1.16. The lowest BCUT2D eigenvalue weighted by Crippen LogP contribution is -2.20. The van der Waals surface area contributed by atoms with Crippen LogP contribution in [0.3, 0.4) is 0 Å². The molecule has 0 amide bonds. The first-order valence-electron chi connectivity index (χ1n) is 2.87. The number of alkyl halides is 1. The van der Waals surface area contributed by atoms with Crippen LogP contribution in [0.1, 0.15) is 0 Å². The van der Waals surface area contributed by atoms with Gasteiger partial charge in [0.2, 0.25) is 17.8 Å². The first-order chi connectivity index (χ1) is 5.57. The van der Waals surface area contributed by atoms with Gasteiger partial charge < -0.3 is 5.53 Å². The highest BCUT2D eigenvalue weighted by atomic mass is 19.2. The standard InChI is InChI=1S/C6H2F4N2/c7-2-1-3(8)6(12-11)5(10)4(2)9/h1,3H. The van der Waals surface area contributed by atoms with Gasteiger partial charge in [-0.3, -0.25) is 0 Å². The van der Waals surface area contributed by atoms with Crippen LogP contribution in [-0.2, 0) is 0 Å². The van der Waals surface area contributed by atoms with Crippen LogP contribution in [0.2, 0.25) is 0 Å². The molecule has 0 aromatic heterocycles. The summed E-state index contributed by atoms with van der Waals surface area (Å²) in [7, 11) is 0. The van der Waals surface area contributed by atoms with Crippen LogP contribution in [0.25, 0.3) is 5.53 Å². The zero-order chi connectivity index (χ0) is 9.30. The van der Waals surface area contributed by atoms with E-state index in [2.05, 4.69) is 4.79 Å². The highest BCUT2D eigenvalue weighted by Crippen LogP contribution is 2.26. The van der Waals surface area contributed by atoms with E-state index in [1.54, 1.807) is 0 Å². The molecule has 0 saturated heterocycles. The van der Waals surface area contributed by atoms with Crippen molar-refractivity contribution in [3.63, 3.8) is 0 Å². The number of nitrogens with zero attached hydrogens (tertiary/aromatic N) is 2. The molecule has 1 aliphatic rings. The van der Waals surface area contributed by atoms with Crippen molar-refractivity contribution in [2.45, 2.75) is 6.17 Å². The van der Waals surface area contributed by atoms with Crippen LogP contribution >= 0.6 is 0 Å². The molecule has 0 bridgehead atoms. The van der Waals surface area contributed by atoms with Gasteiger partial charge in [-0.1, -0.05) is 0 Å². The third-order valence-electron chi connectivity index (χ3n) is 1.29. The number of hydrogen-bond donors (Lipinski definition) is 0. The van der Waals surface area contributed by atoms with Crippen LogP contribution in [-0.4, -0.2) is 16.7 Å². The van der Waals surface area contributed by atoms with Crippen molar-refractivity contribution in [3.05, 3.63) is 29.1 Å². The predicted octanol–water partition coefficient (Wildman–Crippen LogP) is 2.01. The van der Waals surface area contributed by atoms with Gasteiger partial charge in [0.25, 0.3) is 0 Å². The molecule has 0 heterocycles. The van der Waals surface area contributed by atoms with Crippen molar-refractivity contribution >= 4 is 5.71 Å². The highest BCUT2D eigenvalue weighted by Gasteiger charge is 2.36. The Labute approximate surface area is 64.4 Å². The minimum absolute atomic E-state index is 0.174. The van der Waals surface area contributed by atoms with Gasteiger partial charge in [0, 0.05) is 6.08 Å². The maximum atomic E-state index is 12.5. The average Bonchev–Trinajstić information content (AvgIpc) is 2.01. The van der Waals surface area contributed by atoms with Gasteiger partial charge in [0.05, 0.1) is 0 Å². The SMILES string of the molecule is [N-]=[N+]=C1C(F)=C(F)C(F)=CC1F. The van der Waals surface area contributed by atoms with Crippen molar-refractivity contribution < 1.29 is 22.4 Å². The molecular weight excluding hydrogens is 176 g/mol. The first-order valence-corrected chi connectivity index (χ1v) is 2.87. The predicted molar refractivity (Wildman–Crippen MR) is 32.0 cm³/mol. The summed E-state index contributed by atoms with van der Waals surface area (Å²) >= 11 is 0. The largest absolute Gasteiger partial charge is 0.368 e. The lowest BCUT2D eigenvalue weighted by molar-refractivity contribution is -0.0143. The fraction of sp³-hybridized carbons (Fsp3) is 0.167. The second-order valence-corrected chi connectivity index (χ2v) is 2.03. The van der Waals surface area contributed by atoms with Crippen molar-refractivity contribution in [2.75, 3.05) is 0 Å². The summed E-state index contributed by atoms with van der Waals surface area (Å²) in [6.45, 7) is 0. The molecule has 0 radical (unpaired) electrons. The second kappa shape index (κ2) is 2.91. The average molecular weight is 178 g/mol. The molecule has 1 rings (SSSR count). The van der Waals surface area contributed by atoms with Crippen molar-refractivity contribution in [1.82, 2.24) is 0 Å². The molecule has 64 valence electrons. The summed E-state index contributed by atoms with van der Waals surface area (Å²) in [5.41, 5.74) is 6.83. The van der Waals surface area contributed by atoms with Crippen LogP contribution in [0.4, 0.5) is 17.6 Å². The lowest BCUT2D eigenvalue weighted by Gasteiger charge is -2.03. The van der Waals surface area contributed by atoms with Crippen molar-refractivity contribution in [2.24, 2.45) is 0 Å². The fourth-order valence-corrected chi connectivity index (χ4v) is 0.718. The highest BCUT2D eigenvalue weighted by molar-refractivity contribution is 6.00. The smallest absolute Gasteiger partial charge is 0.361 e.